The van der Waals surface area contributed by atoms with Crippen LogP contribution in [0.2, 0.25) is 0 Å². The summed E-state index contributed by atoms with van der Waals surface area (Å²) >= 11 is 0. The Morgan fingerprint density at radius 1 is 1.28 bits per heavy atom. The molecule has 1 fully saturated rings. The zero-order valence-electron chi connectivity index (χ0n) is 15.2. The summed E-state index contributed by atoms with van der Waals surface area (Å²) in [5.74, 6) is 0.587. The first-order chi connectivity index (χ1) is 12.2. The van der Waals surface area contributed by atoms with Crippen LogP contribution in [-0.4, -0.2) is 46.8 Å². The van der Waals surface area contributed by atoms with Crippen molar-refractivity contribution in [1.29, 1.82) is 0 Å². The number of hydrogen-bond acceptors (Lipinski definition) is 3. The molecule has 0 radical (unpaired) electrons. The molecule has 1 unspecified atom stereocenters. The van der Waals surface area contributed by atoms with Crippen LogP contribution in [0.5, 0.6) is 0 Å². The molecule has 25 heavy (non-hydrogen) atoms. The van der Waals surface area contributed by atoms with Gasteiger partial charge in [0.15, 0.2) is 0 Å². The van der Waals surface area contributed by atoms with Crippen LogP contribution in [0.1, 0.15) is 47.3 Å². The van der Waals surface area contributed by atoms with Crippen LogP contribution >= 0.6 is 0 Å². The van der Waals surface area contributed by atoms with E-state index in [-0.39, 0.29) is 5.91 Å². The predicted octanol–water partition coefficient (Wildman–Crippen LogP) is 2.82. The van der Waals surface area contributed by atoms with Gasteiger partial charge in [0.2, 0.25) is 0 Å². The molecule has 0 spiro atoms. The molecule has 2 aromatic rings. The van der Waals surface area contributed by atoms with Gasteiger partial charge in [-0.2, -0.15) is 5.10 Å². The van der Waals surface area contributed by atoms with Crippen molar-refractivity contribution in [3.8, 4) is 0 Å². The minimum atomic E-state index is -0.0272. The van der Waals surface area contributed by atoms with Crippen molar-refractivity contribution in [2.75, 3.05) is 26.2 Å². The molecule has 3 rings (SSSR count). The molecule has 1 aromatic heterocycles. The number of hydrogen-bond donors (Lipinski definition) is 1. The highest BCUT2D eigenvalue weighted by Gasteiger charge is 2.24. The average Bonchev–Trinajstić information content (AvgIpc) is 3.25. The van der Waals surface area contributed by atoms with Crippen molar-refractivity contribution in [2.24, 2.45) is 0 Å². The SMILES string of the molecule is CCCn1nccc1C(=O)NCCN1CCC(c2ccccc2C)C1. The van der Waals surface area contributed by atoms with Crippen LogP contribution in [-0.2, 0) is 6.54 Å². The third kappa shape index (κ3) is 4.28. The molecule has 0 aliphatic carbocycles. The van der Waals surface area contributed by atoms with E-state index in [2.05, 4.69) is 53.4 Å². The van der Waals surface area contributed by atoms with Gasteiger partial charge in [-0.05, 0) is 49.4 Å². The highest BCUT2D eigenvalue weighted by Crippen LogP contribution is 2.28. The Balaban J connectivity index is 1.46. The van der Waals surface area contributed by atoms with E-state index in [0.717, 1.165) is 32.6 Å². The van der Waals surface area contributed by atoms with Gasteiger partial charge in [-0.25, -0.2) is 0 Å². The highest BCUT2D eigenvalue weighted by atomic mass is 16.2. The zero-order chi connectivity index (χ0) is 17.6. The molecule has 1 aromatic carbocycles. The van der Waals surface area contributed by atoms with Crippen LogP contribution in [0, 0.1) is 6.92 Å². The number of carbonyl (C=O) groups is 1. The molecule has 0 saturated carbocycles. The third-order valence-corrected chi connectivity index (χ3v) is 5.00. The lowest BCUT2D eigenvalue weighted by atomic mass is 9.94. The topological polar surface area (TPSA) is 50.2 Å². The number of rotatable bonds is 7. The zero-order valence-corrected chi connectivity index (χ0v) is 15.2. The van der Waals surface area contributed by atoms with E-state index in [1.807, 2.05) is 0 Å². The first-order valence-corrected chi connectivity index (χ1v) is 9.27. The lowest BCUT2D eigenvalue weighted by molar-refractivity contribution is 0.0938. The van der Waals surface area contributed by atoms with E-state index in [0.29, 0.717) is 18.2 Å². The van der Waals surface area contributed by atoms with Crippen molar-refractivity contribution in [3.63, 3.8) is 0 Å². The summed E-state index contributed by atoms with van der Waals surface area (Å²) in [6, 6.07) is 10.5. The number of aromatic nitrogens is 2. The molecule has 5 heteroatoms. The summed E-state index contributed by atoms with van der Waals surface area (Å²) in [4.78, 5) is 14.8. The molecule has 1 amide bonds. The van der Waals surface area contributed by atoms with Crippen molar-refractivity contribution < 1.29 is 4.79 Å². The third-order valence-electron chi connectivity index (χ3n) is 5.00. The Labute approximate surface area is 150 Å². The predicted molar refractivity (Wildman–Crippen MR) is 99.8 cm³/mol. The van der Waals surface area contributed by atoms with Crippen LogP contribution < -0.4 is 5.32 Å². The fourth-order valence-corrected chi connectivity index (χ4v) is 3.67. The molecule has 1 saturated heterocycles. The standard InChI is InChI=1S/C20H28N4O/c1-3-12-24-19(8-10-22-24)20(25)21-11-14-23-13-9-17(15-23)18-7-5-4-6-16(18)2/h4-8,10,17H,3,9,11-15H2,1-2H3,(H,21,25). The second kappa shape index (κ2) is 8.30. The molecular formula is C20H28N4O. The van der Waals surface area contributed by atoms with Gasteiger partial charge in [-0.3, -0.25) is 9.48 Å². The van der Waals surface area contributed by atoms with E-state index >= 15 is 0 Å². The number of aryl methyl sites for hydroxylation is 2. The summed E-state index contributed by atoms with van der Waals surface area (Å²) in [7, 11) is 0. The van der Waals surface area contributed by atoms with E-state index in [9.17, 15) is 4.79 Å². The van der Waals surface area contributed by atoms with Crippen molar-refractivity contribution in [2.45, 2.75) is 39.2 Å². The van der Waals surface area contributed by atoms with E-state index < -0.39 is 0 Å². The van der Waals surface area contributed by atoms with Gasteiger partial charge in [-0.15, -0.1) is 0 Å². The molecule has 0 bridgehead atoms. The Kier molecular flexibility index (Phi) is 5.87. The van der Waals surface area contributed by atoms with Crippen LogP contribution in [0.15, 0.2) is 36.5 Å². The van der Waals surface area contributed by atoms with Crippen molar-refractivity contribution in [1.82, 2.24) is 20.0 Å². The number of benzene rings is 1. The Hall–Kier alpha value is -2.14. The summed E-state index contributed by atoms with van der Waals surface area (Å²) in [6.07, 6.45) is 3.86. The quantitative estimate of drug-likeness (QED) is 0.843. The van der Waals surface area contributed by atoms with Crippen molar-refractivity contribution in [3.05, 3.63) is 53.3 Å². The number of amides is 1. The minimum absolute atomic E-state index is 0.0272. The molecule has 2 heterocycles. The van der Waals surface area contributed by atoms with Gasteiger partial charge in [-0.1, -0.05) is 31.2 Å². The highest BCUT2D eigenvalue weighted by molar-refractivity contribution is 5.92. The number of nitrogens with one attached hydrogen (secondary N) is 1. The Morgan fingerprint density at radius 2 is 2.12 bits per heavy atom. The van der Waals surface area contributed by atoms with Gasteiger partial charge >= 0.3 is 0 Å². The van der Waals surface area contributed by atoms with E-state index in [4.69, 9.17) is 0 Å². The minimum Gasteiger partial charge on any atom is -0.349 e. The monoisotopic (exact) mass is 340 g/mol. The summed E-state index contributed by atoms with van der Waals surface area (Å²) in [5.41, 5.74) is 3.51. The average molecular weight is 340 g/mol. The first-order valence-electron chi connectivity index (χ1n) is 9.27. The maximum Gasteiger partial charge on any atom is 0.269 e. The lowest BCUT2D eigenvalue weighted by Crippen LogP contribution is -2.34. The maximum atomic E-state index is 12.3. The van der Waals surface area contributed by atoms with Crippen molar-refractivity contribution >= 4 is 5.91 Å². The summed E-state index contributed by atoms with van der Waals surface area (Å²) < 4.78 is 1.78. The second-order valence-electron chi connectivity index (χ2n) is 6.84. The number of carbonyl (C=O) groups excluding carboxylic acids is 1. The van der Waals surface area contributed by atoms with Gasteiger partial charge in [0.25, 0.3) is 5.91 Å². The Bertz CT molecular complexity index is 709. The maximum absolute atomic E-state index is 12.3. The fourth-order valence-electron chi connectivity index (χ4n) is 3.67. The lowest BCUT2D eigenvalue weighted by Gasteiger charge is -2.17. The molecule has 134 valence electrons. The normalized spacial score (nSPS) is 17.8. The number of likely N-dealkylation sites (tertiary alicyclic amines) is 1. The van der Waals surface area contributed by atoms with Gasteiger partial charge < -0.3 is 10.2 Å². The molecule has 1 N–H and O–H groups in total. The largest absolute Gasteiger partial charge is 0.349 e. The fraction of sp³-hybridized carbons (Fsp3) is 0.500. The Morgan fingerprint density at radius 3 is 2.92 bits per heavy atom. The summed E-state index contributed by atoms with van der Waals surface area (Å²) in [6.45, 7) is 8.81. The van der Waals surface area contributed by atoms with Crippen LogP contribution in [0.25, 0.3) is 0 Å². The first kappa shape index (κ1) is 17.7. The van der Waals surface area contributed by atoms with Crippen LogP contribution in [0.4, 0.5) is 0 Å². The van der Waals surface area contributed by atoms with Gasteiger partial charge in [0.05, 0.1) is 0 Å². The van der Waals surface area contributed by atoms with Crippen LogP contribution in [0.3, 0.4) is 0 Å². The van der Waals surface area contributed by atoms with Gasteiger partial charge in [0.1, 0.15) is 5.69 Å². The molecule has 1 aliphatic heterocycles. The summed E-state index contributed by atoms with van der Waals surface area (Å²) in [5, 5.41) is 7.25. The molecule has 1 aliphatic rings. The second-order valence-corrected chi connectivity index (χ2v) is 6.84. The van der Waals surface area contributed by atoms with Gasteiger partial charge in [0, 0.05) is 32.4 Å². The van der Waals surface area contributed by atoms with E-state index in [1.54, 1.807) is 16.9 Å². The molecule has 1 atom stereocenters. The molecular weight excluding hydrogens is 312 g/mol. The number of nitrogens with zero attached hydrogens (tertiary/aromatic N) is 3. The smallest absolute Gasteiger partial charge is 0.269 e. The molecule has 5 nitrogen and oxygen atoms in total. The van der Waals surface area contributed by atoms with E-state index in [1.165, 1.54) is 17.5 Å².